The van der Waals surface area contributed by atoms with E-state index in [-0.39, 0.29) is 5.91 Å². The number of para-hydroxylation sites is 1. The zero-order valence-electron chi connectivity index (χ0n) is 13.4. The summed E-state index contributed by atoms with van der Waals surface area (Å²) in [4.78, 5) is 27.1. The van der Waals surface area contributed by atoms with Gasteiger partial charge in [0.2, 0.25) is 11.8 Å². The average molecular weight is 313 g/mol. The van der Waals surface area contributed by atoms with Gasteiger partial charge in [-0.1, -0.05) is 23.4 Å². The Labute approximate surface area is 134 Å². The van der Waals surface area contributed by atoms with Crippen molar-refractivity contribution in [1.29, 1.82) is 0 Å². The fourth-order valence-corrected chi connectivity index (χ4v) is 2.68. The van der Waals surface area contributed by atoms with Crippen LogP contribution in [0.15, 0.2) is 34.9 Å². The van der Waals surface area contributed by atoms with Gasteiger partial charge in [-0.05, 0) is 38.8 Å². The second-order valence-electron chi connectivity index (χ2n) is 6.24. The lowest BCUT2D eigenvalue weighted by molar-refractivity contribution is -0.136. The molecule has 0 bridgehead atoms. The Kier molecular flexibility index (Phi) is 3.67. The predicted molar refractivity (Wildman–Crippen MR) is 86.1 cm³/mol. The van der Waals surface area contributed by atoms with Crippen molar-refractivity contribution in [2.75, 3.05) is 16.8 Å². The van der Waals surface area contributed by atoms with Gasteiger partial charge < -0.3 is 14.7 Å². The summed E-state index contributed by atoms with van der Waals surface area (Å²) in [5.74, 6) is 0.286. The minimum absolute atomic E-state index is 0.222. The minimum atomic E-state index is -1.20. The van der Waals surface area contributed by atoms with Crippen LogP contribution in [0.1, 0.15) is 25.2 Å². The molecule has 0 fully saturated rings. The number of nitrogens with zero attached hydrogens (tertiary/aromatic N) is 2. The standard InChI is InChI=1S/C17H19N3O3/c1-11-10-14(19-23-11)18-15(21)17(2,3)16(22)20-9-8-12-6-4-5-7-13(12)20/h4-7,10H,8-9H2,1-3H3,(H,18,19,21). The molecular weight excluding hydrogens is 294 g/mol. The van der Waals surface area contributed by atoms with Crippen LogP contribution in [-0.2, 0) is 16.0 Å². The fourth-order valence-electron chi connectivity index (χ4n) is 2.68. The normalized spacial score (nSPS) is 13.8. The van der Waals surface area contributed by atoms with Gasteiger partial charge in [-0.15, -0.1) is 0 Å². The smallest absolute Gasteiger partial charge is 0.242 e. The van der Waals surface area contributed by atoms with Gasteiger partial charge in [0.1, 0.15) is 11.2 Å². The topological polar surface area (TPSA) is 75.4 Å². The maximum absolute atomic E-state index is 12.9. The lowest BCUT2D eigenvalue weighted by Crippen LogP contribution is -2.47. The van der Waals surface area contributed by atoms with E-state index in [1.165, 1.54) is 0 Å². The summed E-state index contributed by atoms with van der Waals surface area (Å²) in [6, 6.07) is 9.39. The first kappa shape index (κ1) is 15.3. The Morgan fingerprint density at radius 2 is 2.04 bits per heavy atom. The van der Waals surface area contributed by atoms with E-state index in [0.717, 1.165) is 17.7 Å². The van der Waals surface area contributed by atoms with Crippen molar-refractivity contribution in [2.24, 2.45) is 5.41 Å². The lowest BCUT2D eigenvalue weighted by atomic mass is 9.90. The number of hydrogen-bond donors (Lipinski definition) is 1. The molecule has 1 aliphatic heterocycles. The van der Waals surface area contributed by atoms with E-state index >= 15 is 0 Å². The van der Waals surface area contributed by atoms with Gasteiger partial charge in [-0.25, -0.2) is 0 Å². The Morgan fingerprint density at radius 3 is 2.74 bits per heavy atom. The van der Waals surface area contributed by atoms with E-state index in [2.05, 4.69) is 10.5 Å². The quantitative estimate of drug-likeness (QED) is 0.884. The van der Waals surface area contributed by atoms with E-state index < -0.39 is 11.3 Å². The molecule has 0 saturated carbocycles. The van der Waals surface area contributed by atoms with Crippen LogP contribution in [0, 0.1) is 12.3 Å². The second kappa shape index (κ2) is 5.53. The van der Waals surface area contributed by atoms with Gasteiger partial charge >= 0.3 is 0 Å². The molecule has 0 unspecified atom stereocenters. The molecule has 0 radical (unpaired) electrons. The predicted octanol–water partition coefficient (Wildman–Crippen LogP) is 2.54. The molecule has 1 aromatic carbocycles. The Balaban J connectivity index is 1.79. The molecule has 2 aromatic rings. The number of aryl methyl sites for hydroxylation is 1. The maximum atomic E-state index is 12.9. The third kappa shape index (κ3) is 2.72. The van der Waals surface area contributed by atoms with Gasteiger partial charge in [0.15, 0.2) is 5.82 Å². The molecule has 2 amide bonds. The molecule has 0 saturated heterocycles. The molecule has 6 heteroatoms. The van der Waals surface area contributed by atoms with E-state index in [9.17, 15) is 9.59 Å². The number of aromatic nitrogens is 1. The molecular formula is C17H19N3O3. The number of carbonyl (C=O) groups is 2. The number of carbonyl (C=O) groups excluding carboxylic acids is 2. The van der Waals surface area contributed by atoms with Crippen molar-refractivity contribution in [3.05, 3.63) is 41.7 Å². The molecule has 1 aliphatic rings. The molecule has 6 nitrogen and oxygen atoms in total. The Bertz CT molecular complexity index is 764. The van der Waals surface area contributed by atoms with Crippen molar-refractivity contribution in [1.82, 2.24) is 5.16 Å². The van der Waals surface area contributed by atoms with Crippen LogP contribution in [0.25, 0.3) is 0 Å². The van der Waals surface area contributed by atoms with E-state index in [4.69, 9.17) is 4.52 Å². The van der Waals surface area contributed by atoms with Crippen LogP contribution in [0.2, 0.25) is 0 Å². The molecule has 3 rings (SSSR count). The van der Waals surface area contributed by atoms with Gasteiger partial charge in [0, 0.05) is 18.3 Å². The number of rotatable bonds is 3. The summed E-state index contributed by atoms with van der Waals surface area (Å²) in [6.07, 6.45) is 0.808. The van der Waals surface area contributed by atoms with Gasteiger partial charge in [-0.3, -0.25) is 9.59 Å². The highest BCUT2D eigenvalue weighted by molar-refractivity contribution is 6.15. The molecule has 2 heterocycles. The van der Waals surface area contributed by atoms with Gasteiger partial charge in [-0.2, -0.15) is 0 Å². The number of amides is 2. The number of anilines is 2. The van der Waals surface area contributed by atoms with Crippen molar-refractivity contribution in [3.8, 4) is 0 Å². The summed E-state index contributed by atoms with van der Waals surface area (Å²) in [6.45, 7) is 5.58. The highest BCUT2D eigenvalue weighted by Gasteiger charge is 2.41. The molecule has 0 spiro atoms. The third-order valence-corrected chi connectivity index (χ3v) is 4.10. The summed E-state index contributed by atoms with van der Waals surface area (Å²) in [7, 11) is 0. The third-order valence-electron chi connectivity index (χ3n) is 4.10. The van der Waals surface area contributed by atoms with Crippen molar-refractivity contribution in [3.63, 3.8) is 0 Å². The first-order chi connectivity index (χ1) is 10.9. The SMILES string of the molecule is Cc1cc(NC(=O)C(C)(C)C(=O)N2CCc3ccccc32)no1. The van der Waals surface area contributed by atoms with Gasteiger partial charge in [0.25, 0.3) is 0 Å². The maximum Gasteiger partial charge on any atom is 0.242 e. The number of hydrogen-bond acceptors (Lipinski definition) is 4. The monoisotopic (exact) mass is 313 g/mol. The van der Waals surface area contributed by atoms with Crippen LogP contribution >= 0.6 is 0 Å². The minimum Gasteiger partial charge on any atom is -0.360 e. The van der Waals surface area contributed by atoms with E-state index in [1.807, 2.05) is 24.3 Å². The molecule has 0 aliphatic carbocycles. The first-order valence-electron chi connectivity index (χ1n) is 7.54. The largest absolute Gasteiger partial charge is 0.360 e. The number of nitrogens with one attached hydrogen (secondary N) is 1. The van der Waals surface area contributed by atoms with Crippen molar-refractivity contribution >= 4 is 23.3 Å². The summed E-state index contributed by atoms with van der Waals surface area (Å²) < 4.78 is 4.92. The summed E-state index contributed by atoms with van der Waals surface area (Å²) in [5, 5.41) is 6.37. The van der Waals surface area contributed by atoms with Crippen LogP contribution in [0.4, 0.5) is 11.5 Å². The zero-order chi connectivity index (χ0) is 16.6. The molecule has 0 atom stereocenters. The van der Waals surface area contributed by atoms with Crippen LogP contribution in [0.5, 0.6) is 0 Å². The summed E-state index contributed by atoms with van der Waals surface area (Å²) in [5.41, 5.74) is 0.810. The zero-order valence-corrected chi connectivity index (χ0v) is 13.4. The number of benzene rings is 1. The van der Waals surface area contributed by atoms with Crippen LogP contribution in [0.3, 0.4) is 0 Å². The average Bonchev–Trinajstić information content (AvgIpc) is 3.12. The highest BCUT2D eigenvalue weighted by Crippen LogP contribution is 2.32. The molecule has 1 N–H and O–H groups in total. The van der Waals surface area contributed by atoms with Crippen LogP contribution < -0.4 is 10.2 Å². The van der Waals surface area contributed by atoms with Gasteiger partial charge in [0.05, 0.1) is 0 Å². The molecule has 1 aromatic heterocycles. The highest BCUT2D eigenvalue weighted by atomic mass is 16.5. The number of fused-ring (bicyclic) bond motifs is 1. The van der Waals surface area contributed by atoms with Crippen LogP contribution in [-0.4, -0.2) is 23.5 Å². The van der Waals surface area contributed by atoms with Crippen molar-refractivity contribution in [2.45, 2.75) is 27.2 Å². The Hall–Kier alpha value is -2.63. The molecule has 23 heavy (non-hydrogen) atoms. The van der Waals surface area contributed by atoms with E-state index in [0.29, 0.717) is 18.1 Å². The summed E-state index contributed by atoms with van der Waals surface area (Å²) >= 11 is 0. The first-order valence-corrected chi connectivity index (χ1v) is 7.54. The van der Waals surface area contributed by atoms with Crippen molar-refractivity contribution < 1.29 is 14.1 Å². The van der Waals surface area contributed by atoms with E-state index in [1.54, 1.807) is 31.7 Å². The Morgan fingerprint density at radius 1 is 1.30 bits per heavy atom. The second-order valence-corrected chi connectivity index (χ2v) is 6.24. The molecule has 120 valence electrons. The fraction of sp³-hybridized carbons (Fsp3) is 0.353. The lowest BCUT2D eigenvalue weighted by Gasteiger charge is -2.28.